The van der Waals surface area contributed by atoms with E-state index in [1.807, 2.05) is 0 Å². The van der Waals surface area contributed by atoms with Gasteiger partial charge in [0.15, 0.2) is 16.3 Å². The van der Waals surface area contributed by atoms with Crippen LogP contribution in [0.3, 0.4) is 0 Å². The molecule has 1 N–H and O–H groups in total. The van der Waals surface area contributed by atoms with Gasteiger partial charge in [-0.15, -0.1) is 0 Å². The largest absolute Gasteiger partial charge is 0.493 e. The molecule has 1 aromatic heterocycles. The topological polar surface area (TPSA) is 133 Å². The minimum absolute atomic E-state index is 0.181. The zero-order chi connectivity index (χ0) is 29.6. The van der Waals surface area contributed by atoms with Crippen LogP contribution in [-0.2, 0) is 19.1 Å². The Labute approximate surface area is 238 Å². The summed E-state index contributed by atoms with van der Waals surface area (Å²) in [6, 6.07) is 11.2. The van der Waals surface area contributed by atoms with E-state index in [1.54, 1.807) is 62.4 Å². The highest BCUT2D eigenvalue weighted by Gasteiger charge is 2.34. The Morgan fingerprint density at radius 2 is 1.82 bits per heavy atom. The Balaban J connectivity index is 0.00000103. The first kappa shape index (κ1) is 30.3. The maximum Gasteiger partial charge on any atom is 0.338 e. The molecule has 3 aromatic rings. The Morgan fingerprint density at radius 3 is 2.42 bits per heavy atom. The number of halogens is 1. The summed E-state index contributed by atoms with van der Waals surface area (Å²) in [6.45, 7) is 6.00. The second kappa shape index (κ2) is 13.2. The number of carbonyl (C=O) groups excluding carboxylic acids is 2. The lowest BCUT2D eigenvalue weighted by atomic mass is 9.96. The average Bonchev–Trinajstić information content (AvgIpc) is 3.18. The average molecular weight is 587 g/mol. The van der Waals surface area contributed by atoms with Crippen LogP contribution in [-0.4, -0.2) is 41.3 Å². The first-order valence-corrected chi connectivity index (χ1v) is 13.2. The van der Waals surface area contributed by atoms with Crippen LogP contribution in [0.25, 0.3) is 6.08 Å². The van der Waals surface area contributed by atoms with Gasteiger partial charge in [0.1, 0.15) is 6.04 Å². The van der Waals surface area contributed by atoms with Crippen molar-refractivity contribution in [3.8, 4) is 11.5 Å². The third-order valence-electron chi connectivity index (χ3n) is 5.46. The monoisotopic (exact) mass is 586 g/mol. The van der Waals surface area contributed by atoms with Crippen LogP contribution < -0.4 is 24.4 Å². The van der Waals surface area contributed by atoms with Gasteiger partial charge in [-0.3, -0.25) is 19.0 Å². The van der Waals surface area contributed by atoms with Crippen LogP contribution in [0, 0.1) is 0 Å². The molecule has 1 aliphatic rings. The van der Waals surface area contributed by atoms with Gasteiger partial charge in [-0.2, -0.15) is 0 Å². The van der Waals surface area contributed by atoms with E-state index < -0.39 is 23.9 Å². The fourth-order valence-electron chi connectivity index (χ4n) is 3.95. The lowest BCUT2D eigenvalue weighted by molar-refractivity contribution is -0.139. The minimum Gasteiger partial charge on any atom is -0.493 e. The molecular weight excluding hydrogens is 560 g/mol. The number of benzene rings is 2. The van der Waals surface area contributed by atoms with E-state index in [1.165, 1.54) is 29.9 Å². The van der Waals surface area contributed by atoms with Crippen molar-refractivity contribution in [2.24, 2.45) is 4.99 Å². The number of thiazole rings is 1. The fourth-order valence-corrected chi connectivity index (χ4v) is 5.23. The molecule has 0 bridgehead atoms. The van der Waals surface area contributed by atoms with Crippen LogP contribution >= 0.6 is 22.9 Å². The van der Waals surface area contributed by atoms with Gasteiger partial charge in [0.05, 0.1) is 29.5 Å². The van der Waals surface area contributed by atoms with Gasteiger partial charge in [-0.1, -0.05) is 47.2 Å². The van der Waals surface area contributed by atoms with E-state index in [4.69, 9.17) is 35.7 Å². The Bertz CT molecular complexity index is 1670. The highest BCUT2D eigenvalue weighted by atomic mass is 35.5. The maximum atomic E-state index is 13.7. The van der Waals surface area contributed by atoms with Crippen molar-refractivity contribution in [2.75, 3.05) is 13.7 Å². The number of carbonyl (C=O) groups is 3. The number of aromatic nitrogens is 1. The normalized spacial score (nSPS) is 14.3. The van der Waals surface area contributed by atoms with Crippen molar-refractivity contribution in [2.45, 2.75) is 33.7 Å². The fraction of sp³-hybridized carbons (Fsp3) is 0.250. The molecule has 12 heteroatoms. The van der Waals surface area contributed by atoms with Crippen LogP contribution in [0.2, 0.25) is 5.02 Å². The van der Waals surface area contributed by atoms with Crippen LogP contribution in [0.15, 0.2) is 63.5 Å². The number of fused-ring (bicyclic) bond motifs is 1. The standard InChI is InChI=1S/C26H23ClN2O6S.C2H4O2/c1-5-34-25(32)22-14(2)28-26-29(23(22)17-8-6-7-9-18(17)27)24(31)21(36-26)13-16-10-11-19(35-15(3)30)20(12-16)33-4;1-2(3)4/h6-13,23H,5H2,1-4H3;1H3,(H,3,4)/b21-13+;. The number of carboxylic acid groups (broad SMARTS) is 1. The minimum atomic E-state index is -0.833. The third kappa shape index (κ3) is 6.85. The number of rotatable bonds is 6. The number of hydrogen-bond donors (Lipinski definition) is 1. The summed E-state index contributed by atoms with van der Waals surface area (Å²) in [5, 5.41) is 7.83. The third-order valence-corrected chi connectivity index (χ3v) is 6.78. The van der Waals surface area contributed by atoms with Gasteiger partial charge < -0.3 is 19.3 Å². The molecule has 210 valence electrons. The summed E-state index contributed by atoms with van der Waals surface area (Å²) >= 11 is 7.71. The van der Waals surface area contributed by atoms with Crippen LogP contribution in [0.4, 0.5) is 0 Å². The number of esters is 2. The summed E-state index contributed by atoms with van der Waals surface area (Å²) in [7, 11) is 1.46. The van der Waals surface area contributed by atoms with Gasteiger partial charge in [0.25, 0.3) is 11.5 Å². The number of carboxylic acids is 1. The first-order valence-electron chi connectivity index (χ1n) is 12.0. The van der Waals surface area contributed by atoms with Gasteiger partial charge in [-0.05, 0) is 49.2 Å². The van der Waals surface area contributed by atoms with E-state index in [0.717, 1.165) is 6.92 Å². The molecular formula is C28H27ClN2O8S. The molecule has 0 radical (unpaired) electrons. The molecule has 10 nitrogen and oxygen atoms in total. The number of methoxy groups -OCH3 is 1. The molecule has 0 amide bonds. The Kier molecular flexibility index (Phi) is 10.0. The Morgan fingerprint density at radius 1 is 1.15 bits per heavy atom. The molecule has 1 aliphatic heterocycles. The molecule has 0 spiro atoms. The van der Waals surface area contributed by atoms with Crippen molar-refractivity contribution in [1.29, 1.82) is 0 Å². The summed E-state index contributed by atoms with van der Waals surface area (Å²) in [6.07, 6.45) is 1.69. The van der Waals surface area contributed by atoms with E-state index in [0.29, 0.717) is 36.9 Å². The van der Waals surface area contributed by atoms with E-state index in [9.17, 15) is 14.4 Å². The molecule has 40 heavy (non-hydrogen) atoms. The molecule has 0 fully saturated rings. The van der Waals surface area contributed by atoms with Gasteiger partial charge >= 0.3 is 11.9 Å². The van der Waals surface area contributed by atoms with E-state index >= 15 is 0 Å². The zero-order valence-corrected chi connectivity index (χ0v) is 24.0. The predicted octanol–water partition coefficient (Wildman–Crippen LogP) is 3.48. The Hall–Kier alpha value is -4.22. The number of ether oxygens (including phenoxy) is 3. The first-order chi connectivity index (χ1) is 19.0. The van der Waals surface area contributed by atoms with Crippen molar-refractivity contribution < 1.29 is 33.7 Å². The summed E-state index contributed by atoms with van der Waals surface area (Å²) < 4.78 is 17.7. The number of aliphatic carboxylic acids is 1. The molecule has 4 rings (SSSR count). The van der Waals surface area contributed by atoms with Crippen LogP contribution in [0.5, 0.6) is 11.5 Å². The smallest absolute Gasteiger partial charge is 0.338 e. The van der Waals surface area contributed by atoms with E-state index in [-0.39, 0.29) is 23.5 Å². The summed E-state index contributed by atoms with van der Waals surface area (Å²) in [5.41, 5.74) is 1.64. The molecule has 0 aliphatic carbocycles. The molecule has 2 aromatic carbocycles. The van der Waals surface area contributed by atoms with Crippen LogP contribution in [0.1, 0.15) is 44.9 Å². The molecule has 2 heterocycles. The van der Waals surface area contributed by atoms with Crippen molar-refractivity contribution >= 4 is 46.9 Å². The molecule has 1 atom stereocenters. The highest BCUT2D eigenvalue weighted by molar-refractivity contribution is 7.07. The second-order valence-electron chi connectivity index (χ2n) is 8.35. The van der Waals surface area contributed by atoms with Gasteiger partial charge in [0.2, 0.25) is 0 Å². The maximum absolute atomic E-state index is 13.7. The van der Waals surface area contributed by atoms with Gasteiger partial charge in [0, 0.05) is 18.9 Å². The lowest BCUT2D eigenvalue weighted by Gasteiger charge is -2.25. The quantitative estimate of drug-likeness (QED) is 0.343. The number of hydrogen-bond acceptors (Lipinski definition) is 9. The number of nitrogens with zero attached hydrogens (tertiary/aromatic N) is 2. The van der Waals surface area contributed by atoms with Crippen molar-refractivity contribution in [3.63, 3.8) is 0 Å². The SMILES string of the molecule is CC(=O)O.CCOC(=O)C1=C(C)N=c2s/c(=C/c3ccc(OC(C)=O)c(OC)c3)c(=O)n2C1c1ccccc1Cl. The molecule has 0 saturated heterocycles. The van der Waals surface area contributed by atoms with E-state index in [2.05, 4.69) is 4.99 Å². The molecule has 1 unspecified atom stereocenters. The summed E-state index contributed by atoms with van der Waals surface area (Å²) in [5.74, 6) is -1.23. The van der Waals surface area contributed by atoms with Gasteiger partial charge in [-0.25, -0.2) is 9.79 Å². The predicted molar refractivity (Wildman–Crippen MR) is 149 cm³/mol. The lowest BCUT2D eigenvalue weighted by Crippen LogP contribution is -2.40. The second-order valence-corrected chi connectivity index (χ2v) is 9.76. The van der Waals surface area contributed by atoms with Crippen molar-refractivity contribution in [3.05, 3.63) is 89.6 Å². The molecule has 0 saturated carbocycles. The van der Waals surface area contributed by atoms with Crippen molar-refractivity contribution in [1.82, 2.24) is 4.57 Å². The summed E-state index contributed by atoms with van der Waals surface area (Å²) in [4.78, 5) is 52.0. The number of allylic oxidation sites excluding steroid dienone is 1. The zero-order valence-electron chi connectivity index (χ0n) is 22.4. The highest BCUT2D eigenvalue weighted by Crippen LogP contribution is 2.34.